The molecule has 1 aliphatic rings. The number of hydrogen-bond donors (Lipinski definition) is 0. The van der Waals surface area contributed by atoms with Crippen molar-refractivity contribution in [2.75, 3.05) is 34.4 Å². The number of nitrogens with zero attached hydrogens (tertiary/aromatic N) is 2. The highest BCUT2D eigenvalue weighted by Crippen LogP contribution is 2.28. The summed E-state index contributed by atoms with van der Waals surface area (Å²) in [6.07, 6.45) is 1.99. The lowest BCUT2D eigenvalue weighted by molar-refractivity contribution is 0.0448. The molecule has 1 atom stereocenters. The first-order valence-electron chi connectivity index (χ1n) is 9.59. The van der Waals surface area contributed by atoms with Gasteiger partial charge in [-0.2, -0.15) is 0 Å². The van der Waals surface area contributed by atoms with Crippen LogP contribution in [0.2, 0.25) is 0 Å². The van der Waals surface area contributed by atoms with Gasteiger partial charge in [0.2, 0.25) is 0 Å². The number of hydrogen-bond acceptors (Lipinski definition) is 6. The number of rotatable bonds is 9. The van der Waals surface area contributed by atoms with Crippen molar-refractivity contribution in [1.29, 1.82) is 0 Å². The summed E-state index contributed by atoms with van der Waals surface area (Å²) in [5.41, 5.74) is 2.13. The smallest absolute Gasteiger partial charge is 0.258 e. The van der Waals surface area contributed by atoms with Gasteiger partial charge in [0.25, 0.3) is 5.91 Å². The molecule has 0 aliphatic carbocycles. The summed E-state index contributed by atoms with van der Waals surface area (Å²) >= 11 is 0. The minimum Gasteiger partial charge on any atom is -0.497 e. The molecule has 0 saturated heterocycles. The lowest BCUT2D eigenvalue weighted by atomic mass is 10.0. The molecule has 158 valence electrons. The molecule has 3 rings (SSSR count). The zero-order chi connectivity index (χ0) is 21.5. The van der Waals surface area contributed by atoms with Crippen LogP contribution < -0.4 is 14.2 Å². The van der Waals surface area contributed by atoms with Gasteiger partial charge in [0.05, 0.1) is 39.1 Å². The van der Waals surface area contributed by atoms with Crippen molar-refractivity contribution in [2.45, 2.75) is 12.5 Å². The van der Waals surface area contributed by atoms with Crippen molar-refractivity contribution >= 4 is 11.6 Å². The zero-order valence-electron chi connectivity index (χ0n) is 17.5. The Bertz CT molecular complexity index is 941. The molecule has 0 unspecified atom stereocenters. The quantitative estimate of drug-likeness (QED) is 0.592. The standard InChI is InChI=1S/C23H26N2O5/c1-5-12-25(23(26)19-11-10-16(27-2)14-22(19)29-4)15-17-13-20(24-30-17)18-8-6-7-9-21(18)28-3/h5-11,14,17H,1,12-13,15H2,2-4H3/t17-/m0/s1. The number of methoxy groups -OCH3 is 3. The van der Waals surface area contributed by atoms with Gasteiger partial charge in [-0.05, 0) is 24.3 Å². The fourth-order valence-electron chi connectivity index (χ4n) is 3.36. The van der Waals surface area contributed by atoms with Crippen LogP contribution in [0.4, 0.5) is 0 Å². The van der Waals surface area contributed by atoms with Gasteiger partial charge < -0.3 is 23.9 Å². The van der Waals surface area contributed by atoms with E-state index < -0.39 is 0 Å². The van der Waals surface area contributed by atoms with Crippen LogP contribution in [-0.2, 0) is 4.84 Å². The van der Waals surface area contributed by atoms with E-state index in [1.54, 1.807) is 43.4 Å². The van der Waals surface area contributed by atoms with Crippen molar-refractivity contribution in [3.8, 4) is 17.2 Å². The number of ether oxygens (including phenoxy) is 3. The van der Waals surface area contributed by atoms with Crippen LogP contribution in [-0.4, -0.2) is 57.0 Å². The van der Waals surface area contributed by atoms with Crippen LogP contribution >= 0.6 is 0 Å². The fourth-order valence-corrected chi connectivity index (χ4v) is 3.36. The third kappa shape index (κ3) is 4.56. The average molecular weight is 410 g/mol. The van der Waals surface area contributed by atoms with E-state index in [1.165, 1.54) is 7.11 Å². The Morgan fingerprint density at radius 2 is 1.93 bits per heavy atom. The van der Waals surface area contributed by atoms with Crippen molar-refractivity contribution in [3.63, 3.8) is 0 Å². The molecule has 7 nitrogen and oxygen atoms in total. The highest BCUT2D eigenvalue weighted by Gasteiger charge is 2.29. The Balaban J connectivity index is 1.74. The van der Waals surface area contributed by atoms with Gasteiger partial charge in [-0.3, -0.25) is 4.79 Å². The minimum atomic E-state index is -0.266. The second kappa shape index (κ2) is 9.82. The van der Waals surface area contributed by atoms with Crippen molar-refractivity contribution in [3.05, 3.63) is 66.2 Å². The molecule has 7 heteroatoms. The van der Waals surface area contributed by atoms with E-state index in [-0.39, 0.29) is 12.0 Å². The first-order chi connectivity index (χ1) is 14.6. The van der Waals surface area contributed by atoms with Crippen LogP contribution in [0.3, 0.4) is 0 Å². The number of para-hydroxylation sites is 1. The number of carbonyl (C=O) groups excluding carboxylic acids is 1. The largest absolute Gasteiger partial charge is 0.497 e. The normalized spacial score (nSPS) is 15.0. The van der Waals surface area contributed by atoms with E-state index in [2.05, 4.69) is 11.7 Å². The van der Waals surface area contributed by atoms with Crippen LogP contribution in [0.5, 0.6) is 17.2 Å². The molecule has 2 aromatic rings. The monoisotopic (exact) mass is 410 g/mol. The van der Waals surface area contributed by atoms with Crippen LogP contribution in [0.1, 0.15) is 22.3 Å². The molecule has 30 heavy (non-hydrogen) atoms. The van der Waals surface area contributed by atoms with Crippen LogP contribution in [0.15, 0.2) is 60.3 Å². The van der Waals surface area contributed by atoms with Gasteiger partial charge >= 0.3 is 0 Å². The molecule has 1 amide bonds. The molecular weight excluding hydrogens is 384 g/mol. The van der Waals surface area contributed by atoms with Crippen molar-refractivity contribution in [1.82, 2.24) is 4.90 Å². The van der Waals surface area contributed by atoms with Gasteiger partial charge in [-0.25, -0.2) is 0 Å². The lowest BCUT2D eigenvalue weighted by Gasteiger charge is -2.24. The molecule has 1 aliphatic heterocycles. The average Bonchev–Trinajstić information content (AvgIpc) is 3.26. The summed E-state index contributed by atoms with van der Waals surface area (Å²) in [4.78, 5) is 20.5. The first-order valence-corrected chi connectivity index (χ1v) is 9.59. The molecule has 1 heterocycles. The number of amides is 1. The maximum absolute atomic E-state index is 13.2. The highest BCUT2D eigenvalue weighted by atomic mass is 16.6. The van der Waals surface area contributed by atoms with Crippen LogP contribution in [0, 0.1) is 0 Å². The molecule has 0 radical (unpaired) electrons. The summed E-state index contributed by atoms with van der Waals surface area (Å²) in [6.45, 7) is 4.51. The molecular formula is C23H26N2O5. The second-order valence-electron chi connectivity index (χ2n) is 6.73. The van der Waals surface area contributed by atoms with Crippen LogP contribution in [0.25, 0.3) is 0 Å². The van der Waals surface area contributed by atoms with E-state index in [0.717, 1.165) is 17.0 Å². The van der Waals surface area contributed by atoms with Gasteiger partial charge in [0, 0.05) is 24.6 Å². The van der Waals surface area contributed by atoms with E-state index in [4.69, 9.17) is 19.0 Å². The molecule has 0 bridgehead atoms. The van der Waals surface area contributed by atoms with Gasteiger partial charge in [-0.1, -0.05) is 23.4 Å². The van der Waals surface area contributed by atoms with Crippen molar-refractivity contribution < 1.29 is 23.8 Å². The Morgan fingerprint density at radius 1 is 1.17 bits per heavy atom. The summed E-state index contributed by atoms with van der Waals surface area (Å²) in [5, 5.41) is 4.23. The van der Waals surface area contributed by atoms with Crippen molar-refractivity contribution in [2.24, 2.45) is 5.16 Å². The first kappa shape index (κ1) is 21.2. The summed E-state index contributed by atoms with van der Waals surface area (Å²) in [5.74, 6) is 1.63. The Morgan fingerprint density at radius 3 is 2.63 bits per heavy atom. The number of carbonyl (C=O) groups is 1. The van der Waals surface area contributed by atoms with E-state index in [9.17, 15) is 4.79 Å². The maximum Gasteiger partial charge on any atom is 0.258 e. The molecule has 0 N–H and O–H groups in total. The summed E-state index contributed by atoms with van der Waals surface area (Å²) in [6, 6.07) is 12.8. The topological polar surface area (TPSA) is 69.6 Å². The van der Waals surface area contributed by atoms with E-state index in [1.807, 2.05) is 24.3 Å². The molecule has 0 aromatic heterocycles. The maximum atomic E-state index is 13.2. The lowest BCUT2D eigenvalue weighted by Crippen LogP contribution is -2.38. The Labute approximate surface area is 176 Å². The van der Waals surface area contributed by atoms with E-state index >= 15 is 0 Å². The number of oxime groups is 1. The third-order valence-electron chi connectivity index (χ3n) is 4.85. The fraction of sp³-hybridized carbons (Fsp3) is 0.304. The van der Waals surface area contributed by atoms with Gasteiger partial charge in [0.15, 0.2) is 6.10 Å². The number of benzene rings is 2. The predicted molar refractivity (Wildman–Crippen MR) is 115 cm³/mol. The Kier molecular flexibility index (Phi) is 6.95. The molecule has 0 saturated carbocycles. The SMILES string of the molecule is C=CCN(C[C@@H]1CC(c2ccccc2OC)=NO1)C(=O)c1ccc(OC)cc1OC. The minimum absolute atomic E-state index is 0.177. The molecule has 0 fully saturated rings. The Hall–Kier alpha value is -3.48. The summed E-state index contributed by atoms with van der Waals surface area (Å²) in [7, 11) is 4.72. The molecule has 0 spiro atoms. The second-order valence-corrected chi connectivity index (χ2v) is 6.73. The predicted octanol–water partition coefficient (Wildman–Crippen LogP) is 3.53. The summed E-state index contributed by atoms with van der Waals surface area (Å²) < 4.78 is 16.0. The highest BCUT2D eigenvalue weighted by molar-refractivity contribution is 6.03. The zero-order valence-corrected chi connectivity index (χ0v) is 17.5. The van der Waals surface area contributed by atoms with E-state index in [0.29, 0.717) is 36.6 Å². The van der Waals surface area contributed by atoms with Gasteiger partial charge in [0.1, 0.15) is 17.2 Å². The van der Waals surface area contributed by atoms with Gasteiger partial charge in [-0.15, -0.1) is 6.58 Å². The molecule has 2 aromatic carbocycles. The third-order valence-corrected chi connectivity index (χ3v) is 4.85.